The van der Waals surface area contributed by atoms with Crippen molar-refractivity contribution in [1.29, 1.82) is 0 Å². The van der Waals surface area contributed by atoms with Crippen LogP contribution in [0.4, 0.5) is 5.69 Å². The van der Waals surface area contributed by atoms with Gasteiger partial charge in [0.15, 0.2) is 6.04 Å². The van der Waals surface area contributed by atoms with Crippen molar-refractivity contribution >= 4 is 33.6 Å². The first-order valence-corrected chi connectivity index (χ1v) is 7.37. The van der Waals surface area contributed by atoms with Crippen LogP contribution >= 0.6 is 15.9 Å². The Bertz CT molecular complexity index is 519. The summed E-state index contributed by atoms with van der Waals surface area (Å²) in [5.74, 6) is -1.39. The van der Waals surface area contributed by atoms with Gasteiger partial charge in [0.1, 0.15) is 0 Å². The maximum atomic E-state index is 11.8. The Morgan fingerprint density at radius 2 is 2.10 bits per heavy atom. The minimum Gasteiger partial charge on any atom is -0.481 e. The zero-order valence-corrected chi connectivity index (χ0v) is 13.2. The number of ether oxygens (including phenoxy) is 1. The molecule has 0 fully saturated rings. The van der Waals surface area contributed by atoms with Crippen molar-refractivity contribution in [3.63, 3.8) is 0 Å². The smallest absolute Gasteiger partial charge is 0.332 e. The molecule has 21 heavy (non-hydrogen) atoms. The van der Waals surface area contributed by atoms with Crippen LogP contribution < -0.4 is 0 Å². The quantitative estimate of drug-likeness (QED) is 0.567. The van der Waals surface area contributed by atoms with Crippen LogP contribution in [-0.2, 0) is 14.3 Å². The number of carboxylic acids is 1. The van der Waals surface area contributed by atoms with Gasteiger partial charge >= 0.3 is 11.9 Å². The van der Waals surface area contributed by atoms with Gasteiger partial charge in [-0.25, -0.2) is 4.79 Å². The van der Waals surface area contributed by atoms with Crippen molar-refractivity contribution in [3.8, 4) is 0 Å². The number of benzene rings is 1. The van der Waals surface area contributed by atoms with Crippen LogP contribution in [0, 0.1) is 0 Å². The summed E-state index contributed by atoms with van der Waals surface area (Å²) in [5.41, 5.74) is 0.602. The summed E-state index contributed by atoms with van der Waals surface area (Å²) < 4.78 is 5.69. The van der Waals surface area contributed by atoms with E-state index in [4.69, 9.17) is 9.84 Å². The maximum Gasteiger partial charge on any atom is 0.332 e. The van der Waals surface area contributed by atoms with E-state index in [1.807, 2.05) is 18.2 Å². The second-order valence-corrected chi connectivity index (χ2v) is 5.08. The minimum atomic E-state index is -0.902. The molecule has 1 aromatic carbocycles. The lowest BCUT2D eigenvalue weighted by atomic mass is 10.1. The lowest BCUT2D eigenvalue weighted by Crippen LogP contribution is -2.21. The Kier molecular flexibility index (Phi) is 7.60. The molecule has 0 saturated heterocycles. The highest BCUT2D eigenvalue weighted by Gasteiger charge is 2.19. The third-order valence-corrected chi connectivity index (χ3v) is 3.25. The molecule has 1 unspecified atom stereocenters. The Balaban J connectivity index is 2.74. The molecule has 6 nitrogen and oxygen atoms in total. The molecule has 0 aliphatic carbocycles. The molecule has 0 aliphatic heterocycles. The molecule has 1 rings (SSSR count). The Hall–Kier alpha value is -1.76. The molecule has 0 amide bonds. The molecule has 1 N–H and O–H groups in total. The van der Waals surface area contributed by atoms with Crippen molar-refractivity contribution in [1.82, 2.24) is 0 Å². The Morgan fingerprint density at radius 3 is 2.71 bits per heavy atom. The molecule has 1 aromatic rings. The molecule has 0 aromatic heterocycles. The molecule has 0 bridgehead atoms. The van der Waals surface area contributed by atoms with Crippen molar-refractivity contribution in [3.05, 3.63) is 28.7 Å². The highest BCUT2D eigenvalue weighted by atomic mass is 79.9. The van der Waals surface area contributed by atoms with Gasteiger partial charge in [-0.1, -0.05) is 12.1 Å². The second-order valence-electron chi connectivity index (χ2n) is 4.22. The maximum absolute atomic E-state index is 11.8. The first-order valence-electron chi connectivity index (χ1n) is 6.58. The fourth-order valence-electron chi connectivity index (χ4n) is 1.57. The summed E-state index contributed by atoms with van der Waals surface area (Å²) in [6, 6.07) is 6.45. The number of hydrogen-bond acceptors (Lipinski definition) is 5. The van der Waals surface area contributed by atoms with Gasteiger partial charge in [-0.2, -0.15) is 10.2 Å². The van der Waals surface area contributed by atoms with Gasteiger partial charge in [0, 0.05) is 10.9 Å². The molecule has 0 radical (unpaired) electrons. The van der Waals surface area contributed by atoms with E-state index in [1.165, 1.54) is 0 Å². The molecule has 0 aliphatic rings. The number of aliphatic carboxylic acids is 1. The average Bonchev–Trinajstić information content (AvgIpc) is 2.44. The molecule has 0 saturated carbocycles. The number of carboxylic acid groups (broad SMARTS) is 1. The number of nitrogens with zero attached hydrogens (tertiary/aromatic N) is 2. The summed E-state index contributed by atoms with van der Waals surface area (Å²) in [4.78, 5) is 22.3. The first-order chi connectivity index (χ1) is 10.0. The number of rotatable bonds is 8. The van der Waals surface area contributed by atoms with Crippen LogP contribution in [0.3, 0.4) is 0 Å². The molecule has 114 valence electrons. The number of carbonyl (C=O) groups excluding carboxylic acids is 1. The van der Waals surface area contributed by atoms with Crippen LogP contribution in [0.2, 0.25) is 0 Å². The SMILES string of the molecule is CCOC(=O)C(CCCC(=O)O)N=Nc1ccccc1Br. The van der Waals surface area contributed by atoms with Crippen LogP contribution in [-0.4, -0.2) is 29.7 Å². The van der Waals surface area contributed by atoms with Gasteiger partial charge in [0.05, 0.1) is 12.3 Å². The topological polar surface area (TPSA) is 88.3 Å². The van der Waals surface area contributed by atoms with E-state index in [0.29, 0.717) is 18.5 Å². The number of azo groups is 1. The van der Waals surface area contributed by atoms with Crippen LogP contribution in [0.25, 0.3) is 0 Å². The van der Waals surface area contributed by atoms with Gasteiger partial charge in [-0.3, -0.25) is 4.79 Å². The van der Waals surface area contributed by atoms with Gasteiger partial charge in [0.2, 0.25) is 0 Å². The number of carbonyl (C=O) groups is 2. The van der Waals surface area contributed by atoms with E-state index in [0.717, 1.165) is 4.47 Å². The highest BCUT2D eigenvalue weighted by molar-refractivity contribution is 9.10. The molecule has 0 spiro atoms. The van der Waals surface area contributed by atoms with Gasteiger partial charge in [0.25, 0.3) is 0 Å². The van der Waals surface area contributed by atoms with Crippen molar-refractivity contribution < 1.29 is 19.4 Å². The minimum absolute atomic E-state index is 0.0134. The monoisotopic (exact) mass is 356 g/mol. The van der Waals surface area contributed by atoms with Crippen LogP contribution in [0.5, 0.6) is 0 Å². The van der Waals surface area contributed by atoms with E-state index >= 15 is 0 Å². The van der Waals surface area contributed by atoms with E-state index < -0.39 is 18.0 Å². The summed E-state index contributed by atoms with van der Waals surface area (Å²) in [7, 11) is 0. The predicted octanol–water partition coefficient (Wildman–Crippen LogP) is 3.72. The molecule has 7 heteroatoms. The Morgan fingerprint density at radius 1 is 1.38 bits per heavy atom. The predicted molar refractivity (Wildman–Crippen MR) is 80.6 cm³/mol. The fraction of sp³-hybridized carbons (Fsp3) is 0.429. The van der Waals surface area contributed by atoms with Crippen molar-refractivity contribution in [2.45, 2.75) is 32.2 Å². The molecular weight excluding hydrogens is 340 g/mol. The summed E-state index contributed by atoms with van der Waals surface area (Å²) in [6.07, 6.45) is 0.618. The second kappa shape index (κ2) is 9.23. The van der Waals surface area contributed by atoms with Crippen molar-refractivity contribution in [2.24, 2.45) is 10.2 Å². The van der Waals surface area contributed by atoms with Crippen LogP contribution in [0.15, 0.2) is 39.0 Å². The lowest BCUT2D eigenvalue weighted by Gasteiger charge is -2.09. The fourth-order valence-corrected chi connectivity index (χ4v) is 1.94. The van der Waals surface area contributed by atoms with E-state index in [-0.39, 0.29) is 13.0 Å². The van der Waals surface area contributed by atoms with E-state index in [2.05, 4.69) is 26.2 Å². The summed E-state index contributed by atoms with van der Waals surface area (Å²) in [5, 5.41) is 16.7. The van der Waals surface area contributed by atoms with Gasteiger partial charge in [-0.05, 0) is 47.8 Å². The molecule has 0 heterocycles. The number of halogens is 1. The third-order valence-electron chi connectivity index (χ3n) is 2.58. The van der Waals surface area contributed by atoms with Gasteiger partial charge in [-0.15, -0.1) is 0 Å². The zero-order chi connectivity index (χ0) is 15.7. The Labute approximate surface area is 131 Å². The van der Waals surface area contributed by atoms with Crippen LogP contribution in [0.1, 0.15) is 26.2 Å². The summed E-state index contributed by atoms with van der Waals surface area (Å²) in [6.45, 7) is 1.95. The normalized spacial score (nSPS) is 12.3. The zero-order valence-electron chi connectivity index (χ0n) is 11.7. The van der Waals surface area contributed by atoms with Gasteiger partial charge < -0.3 is 9.84 Å². The lowest BCUT2D eigenvalue weighted by molar-refractivity contribution is -0.145. The first kappa shape index (κ1) is 17.3. The number of esters is 1. The largest absolute Gasteiger partial charge is 0.481 e. The average molecular weight is 357 g/mol. The molecule has 1 atom stereocenters. The highest BCUT2D eigenvalue weighted by Crippen LogP contribution is 2.25. The van der Waals surface area contributed by atoms with E-state index in [9.17, 15) is 9.59 Å². The third kappa shape index (κ3) is 6.48. The van der Waals surface area contributed by atoms with Crippen molar-refractivity contribution in [2.75, 3.05) is 6.61 Å². The number of hydrogen-bond donors (Lipinski definition) is 1. The molecular formula is C14H17BrN2O4. The summed E-state index contributed by atoms with van der Waals surface area (Å²) >= 11 is 3.34. The van der Waals surface area contributed by atoms with E-state index in [1.54, 1.807) is 13.0 Å². The standard InChI is InChI=1S/C14H17BrN2O4/c1-2-21-14(20)12(8-5-9-13(18)19)17-16-11-7-4-3-6-10(11)15/h3-4,6-7,12H,2,5,8-9H2,1H3,(H,18,19).